The van der Waals surface area contributed by atoms with Crippen LogP contribution in [0.5, 0.6) is 0 Å². The molecule has 0 aromatic carbocycles. The maximum atomic E-state index is 2.41. The maximum absolute atomic E-state index is 2.41. The van der Waals surface area contributed by atoms with E-state index in [-0.39, 0.29) is 7.12 Å². The first-order chi connectivity index (χ1) is 7.29. The fourth-order valence-electron chi connectivity index (χ4n) is 2.51. The molecule has 0 radical (unpaired) electrons. The average molecular weight is 223 g/mol. The lowest BCUT2D eigenvalue weighted by atomic mass is 9.64. The molecule has 1 heterocycles. The molecule has 1 rings (SSSR count). The van der Waals surface area contributed by atoms with Gasteiger partial charge in [0.15, 0.2) is 0 Å². The van der Waals surface area contributed by atoms with Crippen LogP contribution in [0.25, 0.3) is 0 Å². The van der Waals surface area contributed by atoms with Crippen molar-refractivity contribution in [3.05, 3.63) is 0 Å². The molecule has 0 aromatic heterocycles. The van der Waals surface area contributed by atoms with Gasteiger partial charge in [0.2, 0.25) is 0 Å². The van der Waals surface area contributed by atoms with Gasteiger partial charge in [0.1, 0.15) is 0 Å². The van der Waals surface area contributed by atoms with Crippen LogP contribution in [0.2, 0.25) is 13.6 Å². The van der Waals surface area contributed by atoms with Gasteiger partial charge < -0.3 is 14.3 Å². The van der Waals surface area contributed by atoms with Crippen molar-refractivity contribution >= 4 is 21.1 Å². The molecule has 1 aliphatic rings. The van der Waals surface area contributed by atoms with Crippen LogP contribution in [0.15, 0.2) is 0 Å². The molecule has 0 spiro atoms. The number of hydrogen-bond donors (Lipinski definition) is 0. The minimum absolute atomic E-state index is 0.285. The lowest BCUT2D eigenvalue weighted by Crippen LogP contribution is -2.65. The normalized spacial score (nSPS) is 20.6. The number of rotatable bonds is 3. The molecule has 0 unspecified atom stereocenters. The zero-order chi connectivity index (χ0) is 12.6. The fraction of sp³-hybridized carbons (Fsp3) is 1.00. The molecule has 0 amide bonds. The van der Waals surface area contributed by atoms with Gasteiger partial charge in [0, 0.05) is 0 Å². The summed E-state index contributed by atoms with van der Waals surface area (Å²) in [6.45, 7) is 5.34. The largest absolute Gasteiger partial charge is 0.405 e. The number of nitrogens with zero attached hydrogens (tertiary/aromatic N) is 5. The Balaban J connectivity index is 2.93. The lowest BCUT2D eigenvalue weighted by Gasteiger charge is -2.39. The Kier molecular flexibility index (Phi) is 4.48. The molecule has 90 valence electrons. The van der Waals surface area contributed by atoms with E-state index in [1.54, 1.807) is 0 Å². The highest BCUT2D eigenvalue weighted by atomic mass is 15.6. The molecule has 0 N–H and O–H groups in total. The summed E-state index contributed by atoms with van der Waals surface area (Å²) in [6.07, 6.45) is 0. The second-order valence-electron chi connectivity index (χ2n) is 5.16. The monoisotopic (exact) mass is 223 g/mol. The van der Waals surface area contributed by atoms with E-state index >= 15 is 0 Å². The van der Waals surface area contributed by atoms with Crippen LogP contribution < -0.4 is 0 Å². The first kappa shape index (κ1) is 14.1. The van der Waals surface area contributed by atoms with Gasteiger partial charge >= 0.3 is 21.1 Å². The topological polar surface area (TPSA) is 16.2 Å². The average Bonchev–Trinajstić information content (AvgIpc) is 2.34. The summed E-state index contributed by atoms with van der Waals surface area (Å²) in [5, 5.41) is 0. The molecule has 0 aromatic rings. The Bertz CT molecular complexity index is 218. The molecule has 0 atom stereocenters. The van der Waals surface area contributed by atoms with Gasteiger partial charge in [-0.1, -0.05) is 13.6 Å². The summed E-state index contributed by atoms with van der Waals surface area (Å²) in [5.41, 5.74) is 0. The summed E-state index contributed by atoms with van der Waals surface area (Å²) >= 11 is 0. The van der Waals surface area contributed by atoms with E-state index in [4.69, 9.17) is 0 Å². The zero-order valence-corrected chi connectivity index (χ0v) is 12.0. The van der Waals surface area contributed by atoms with Crippen LogP contribution in [-0.2, 0) is 0 Å². The van der Waals surface area contributed by atoms with Gasteiger partial charge in [-0.25, -0.2) is 0 Å². The number of hydrazine groups is 1. The van der Waals surface area contributed by atoms with E-state index in [9.17, 15) is 0 Å². The van der Waals surface area contributed by atoms with Gasteiger partial charge in [-0.2, -0.15) is 0 Å². The predicted octanol–water partition coefficient (Wildman–Crippen LogP) is -0.575. The molecule has 8 heteroatoms. The highest BCUT2D eigenvalue weighted by Gasteiger charge is 2.48. The molecular weight excluding hydrogens is 199 g/mol. The van der Waals surface area contributed by atoms with Crippen molar-refractivity contribution in [3.63, 3.8) is 0 Å². The van der Waals surface area contributed by atoms with Crippen molar-refractivity contribution in [1.82, 2.24) is 24.1 Å². The van der Waals surface area contributed by atoms with Crippen LogP contribution >= 0.6 is 0 Å². The van der Waals surface area contributed by atoms with Crippen LogP contribution in [0.3, 0.4) is 0 Å². The van der Waals surface area contributed by atoms with E-state index in [1.165, 1.54) is 0 Å². The zero-order valence-electron chi connectivity index (χ0n) is 12.0. The van der Waals surface area contributed by atoms with Crippen molar-refractivity contribution in [2.45, 2.75) is 13.6 Å². The van der Waals surface area contributed by atoms with E-state index < -0.39 is 0 Å². The molecule has 0 saturated carbocycles. The van der Waals surface area contributed by atoms with Gasteiger partial charge in [-0.3, -0.25) is 9.75 Å². The summed E-state index contributed by atoms with van der Waals surface area (Å²) < 4.78 is 2.38. The van der Waals surface area contributed by atoms with Crippen molar-refractivity contribution in [2.75, 3.05) is 42.3 Å². The van der Waals surface area contributed by atoms with Crippen LogP contribution in [0, 0.1) is 0 Å². The second-order valence-corrected chi connectivity index (χ2v) is 5.16. The first-order valence-corrected chi connectivity index (χ1v) is 5.85. The van der Waals surface area contributed by atoms with Gasteiger partial charge in [0.05, 0.1) is 0 Å². The minimum atomic E-state index is 0.285. The Hall–Kier alpha value is -0.00519. The predicted molar refractivity (Wildman–Crippen MR) is 73.7 cm³/mol. The molecule has 1 saturated heterocycles. The SMILES string of the molecule is CB1N(C)B(C)N(B(N(C)C)N(C)C)N1C. The first-order valence-electron chi connectivity index (χ1n) is 5.85. The molecule has 0 bridgehead atoms. The molecule has 0 aliphatic carbocycles. The Morgan fingerprint density at radius 2 is 1.31 bits per heavy atom. The third-order valence-electron chi connectivity index (χ3n) is 3.63. The Morgan fingerprint density at radius 3 is 1.56 bits per heavy atom. The van der Waals surface area contributed by atoms with Crippen molar-refractivity contribution in [1.29, 1.82) is 0 Å². The minimum Gasteiger partial charge on any atom is -0.358 e. The summed E-state index contributed by atoms with van der Waals surface area (Å²) in [4.78, 5) is 9.19. The van der Waals surface area contributed by atoms with E-state index in [0.717, 1.165) is 0 Å². The standard InChI is InChI=1S/C8H24B3N5/c1-9-14(7)10(2)16(15(9)8)11(12(3)4)13(5)6/h1-8H3. The Labute approximate surface area is 102 Å². The van der Waals surface area contributed by atoms with Crippen molar-refractivity contribution < 1.29 is 0 Å². The Morgan fingerprint density at radius 1 is 0.875 bits per heavy atom. The smallest absolute Gasteiger partial charge is 0.358 e. The molecular formula is C8H24B3N5. The highest BCUT2D eigenvalue weighted by molar-refractivity contribution is 6.79. The van der Waals surface area contributed by atoms with Gasteiger partial charge in [-0.05, 0) is 42.3 Å². The van der Waals surface area contributed by atoms with Crippen LogP contribution in [0.4, 0.5) is 0 Å². The third kappa shape index (κ3) is 2.31. The summed E-state index contributed by atoms with van der Waals surface area (Å²) in [5.74, 6) is 0. The number of hydrogen-bond acceptors (Lipinski definition) is 5. The van der Waals surface area contributed by atoms with Crippen molar-refractivity contribution in [3.8, 4) is 0 Å². The highest BCUT2D eigenvalue weighted by Crippen LogP contribution is 2.19. The van der Waals surface area contributed by atoms with Crippen molar-refractivity contribution in [2.24, 2.45) is 0 Å². The molecule has 1 aliphatic heterocycles. The fourth-order valence-corrected chi connectivity index (χ4v) is 2.51. The van der Waals surface area contributed by atoms with E-state index in [2.05, 4.69) is 80.0 Å². The summed E-state index contributed by atoms with van der Waals surface area (Å²) in [7, 11) is 13.1. The quantitative estimate of drug-likeness (QED) is 0.593. The lowest BCUT2D eigenvalue weighted by molar-refractivity contribution is 0.268. The maximum Gasteiger partial charge on any atom is 0.405 e. The molecule has 1 fully saturated rings. The molecule has 5 nitrogen and oxygen atoms in total. The van der Waals surface area contributed by atoms with Gasteiger partial charge in [-0.15, -0.1) is 0 Å². The van der Waals surface area contributed by atoms with E-state index in [1.807, 2.05) is 0 Å². The molecule has 16 heavy (non-hydrogen) atoms. The van der Waals surface area contributed by atoms with E-state index in [0.29, 0.717) is 14.0 Å². The second kappa shape index (κ2) is 5.10. The third-order valence-corrected chi connectivity index (χ3v) is 3.63. The summed E-state index contributed by atoms with van der Waals surface area (Å²) in [6, 6.07) is 0. The van der Waals surface area contributed by atoms with Crippen LogP contribution in [0.1, 0.15) is 0 Å². The van der Waals surface area contributed by atoms with Gasteiger partial charge in [0.25, 0.3) is 0 Å². The van der Waals surface area contributed by atoms with Crippen LogP contribution in [-0.4, -0.2) is 87.5 Å².